The standard InChI is InChI=1S/C23H31N3O8/c1-3-31-19(28)16-18(21(30)32-4-2)34-25-22(24)23(33-15-14-27)10-12-26(13-11-23)20(29)17-8-6-5-7-9-17/h5-9,16,27H,3-4,10-15H2,1-2H3,(H2,24,25)/b18-16-. The van der Waals surface area contributed by atoms with Crippen LogP contribution in [0.15, 0.2) is 47.3 Å². The number of benzene rings is 1. The molecule has 0 aliphatic carbocycles. The molecule has 186 valence electrons. The summed E-state index contributed by atoms with van der Waals surface area (Å²) in [5.41, 5.74) is 5.62. The maximum atomic E-state index is 12.8. The van der Waals surface area contributed by atoms with E-state index in [4.69, 9.17) is 24.8 Å². The zero-order chi connectivity index (χ0) is 25.0. The second-order valence-electron chi connectivity index (χ2n) is 7.27. The largest absolute Gasteiger partial charge is 0.463 e. The lowest BCUT2D eigenvalue weighted by molar-refractivity contribution is -0.144. The number of rotatable bonds is 11. The number of hydrogen-bond donors (Lipinski definition) is 2. The molecule has 2 rings (SSSR count). The molecule has 0 atom stereocenters. The van der Waals surface area contributed by atoms with Gasteiger partial charge >= 0.3 is 11.9 Å². The van der Waals surface area contributed by atoms with Crippen LogP contribution in [0.5, 0.6) is 0 Å². The van der Waals surface area contributed by atoms with Crippen LogP contribution in [-0.4, -0.2) is 78.8 Å². The highest BCUT2D eigenvalue weighted by Gasteiger charge is 2.41. The number of aliphatic hydroxyl groups excluding tert-OH is 1. The van der Waals surface area contributed by atoms with Crippen molar-refractivity contribution in [3.8, 4) is 0 Å². The van der Waals surface area contributed by atoms with Crippen LogP contribution in [0.2, 0.25) is 0 Å². The number of oxime groups is 1. The average Bonchev–Trinajstić information content (AvgIpc) is 2.85. The van der Waals surface area contributed by atoms with Gasteiger partial charge in [-0.3, -0.25) is 4.79 Å². The lowest BCUT2D eigenvalue weighted by Gasteiger charge is -2.40. The van der Waals surface area contributed by atoms with Crippen molar-refractivity contribution in [1.82, 2.24) is 4.90 Å². The summed E-state index contributed by atoms with van der Waals surface area (Å²) >= 11 is 0. The van der Waals surface area contributed by atoms with E-state index in [1.54, 1.807) is 43.0 Å². The second-order valence-corrected chi connectivity index (χ2v) is 7.27. The normalized spacial score (nSPS) is 16.0. The van der Waals surface area contributed by atoms with Gasteiger partial charge in [0.1, 0.15) is 5.60 Å². The molecule has 0 bridgehead atoms. The number of amides is 1. The van der Waals surface area contributed by atoms with Crippen LogP contribution < -0.4 is 5.73 Å². The minimum Gasteiger partial charge on any atom is -0.463 e. The van der Waals surface area contributed by atoms with E-state index in [0.29, 0.717) is 18.7 Å². The molecule has 1 aromatic rings. The third-order valence-electron chi connectivity index (χ3n) is 5.07. The molecule has 1 amide bonds. The van der Waals surface area contributed by atoms with Crippen LogP contribution in [-0.2, 0) is 28.6 Å². The fourth-order valence-corrected chi connectivity index (χ4v) is 3.35. The summed E-state index contributed by atoms with van der Waals surface area (Å²) in [6.45, 7) is 3.73. The Bertz CT molecular complexity index is 893. The van der Waals surface area contributed by atoms with E-state index in [9.17, 15) is 19.5 Å². The number of nitrogens with two attached hydrogens (primary N) is 1. The summed E-state index contributed by atoms with van der Waals surface area (Å²) in [6, 6.07) is 8.89. The first-order valence-corrected chi connectivity index (χ1v) is 11.0. The number of likely N-dealkylation sites (tertiary alicyclic amines) is 1. The molecule has 0 unspecified atom stereocenters. The highest BCUT2D eigenvalue weighted by atomic mass is 16.7. The van der Waals surface area contributed by atoms with E-state index < -0.39 is 23.3 Å². The summed E-state index contributed by atoms with van der Waals surface area (Å²) in [7, 11) is 0. The number of ether oxygens (including phenoxy) is 3. The number of carbonyl (C=O) groups is 3. The molecular weight excluding hydrogens is 446 g/mol. The van der Waals surface area contributed by atoms with E-state index in [1.807, 2.05) is 6.07 Å². The number of esters is 2. The first-order valence-electron chi connectivity index (χ1n) is 11.0. The topological polar surface area (TPSA) is 150 Å². The smallest absolute Gasteiger partial charge is 0.377 e. The van der Waals surface area contributed by atoms with Crippen LogP contribution in [0, 0.1) is 0 Å². The average molecular weight is 478 g/mol. The molecule has 1 aliphatic rings. The number of carbonyl (C=O) groups excluding carboxylic acids is 3. The highest BCUT2D eigenvalue weighted by molar-refractivity contribution is 5.96. The van der Waals surface area contributed by atoms with Gasteiger partial charge in [0, 0.05) is 31.5 Å². The summed E-state index contributed by atoms with van der Waals surface area (Å²) in [6.07, 6.45) is 1.38. The zero-order valence-corrected chi connectivity index (χ0v) is 19.4. The van der Waals surface area contributed by atoms with Crippen LogP contribution in [0.1, 0.15) is 37.0 Å². The molecule has 11 heteroatoms. The molecule has 0 radical (unpaired) electrons. The number of nitrogens with zero attached hydrogens (tertiary/aromatic N) is 2. The van der Waals surface area contributed by atoms with Gasteiger partial charge in [0.25, 0.3) is 5.91 Å². The number of aliphatic hydroxyl groups is 1. The van der Waals surface area contributed by atoms with Crippen molar-refractivity contribution in [2.75, 3.05) is 39.5 Å². The summed E-state index contributed by atoms with van der Waals surface area (Å²) in [4.78, 5) is 43.5. The van der Waals surface area contributed by atoms with Crippen molar-refractivity contribution in [3.63, 3.8) is 0 Å². The maximum Gasteiger partial charge on any atom is 0.377 e. The highest BCUT2D eigenvalue weighted by Crippen LogP contribution is 2.28. The lowest BCUT2D eigenvalue weighted by Crippen LogP contribution is -2.55. The molecule has 1 saturated heterocycles. The van der Waals surface area contributed by atoms with Crippen LogP contribution in [0.25, 0.3) is 0 Å². The SMILES string of the molecule is CCOC(=O)/C=C(\O/N=C(\N)C1(OCCO)CCN(C(=O)c2ccccc2)CC1)C(=O)OCC. The van der Waals surface area contributed by atoms with Crippen molar-refractivity contribution in [2.24, 2.45) is 10.9 Å². The Labute approximate surface area is 198 Å². The molecule has 1 aromatic carbocycles. The fourth-order valence-electron chi connectivity index (χ4n) is 3.35. The van der Waals surface area contributed by atoms with Gasteiger partial charge in [-0.1, -0.05) is 23.4 Å². The van der Waals surface area contributed by atoms with Gasteiger partial charge in [-0.05, 0) is 26.0 Å². The van der Waals surface area contributed by atoms with Gasteiger partial charge in [0.15, 0.2) is 5.84 Å². The van der Waals surface area contributed by atoms with E-state index >= 15 is 0 Å². The minimum absolute atomic E-state index is 0.0216. The van der Waals surface area contributed by atoms with E-state index in [-0.39, 0.29) is 51.0 Å². The molecule has 3 N–H and O–H groups in total. The van der Waals surface area contributed by atoms with E-state index in [1.165, 1.54) is 0 Å². The molecule has 11 nitrogen and oxygen atoms in total. The quantitative estimate of drug-likeness (QED) is 0.119. The molecule has 0 saturated carbocycles. The van der Waals surface area contributed by atoms with E-state index in [0.717, 1.165) is 6.08 Å². The lowest BCUT2D eigenvalue weighted by atomic mass is 9.89. The first kappa shape index (κ1) is 26.8. The number of amidine groups is 1. The third-order valence-corrected chi connectivity index (χ3v) is 5.07. The van der Waals surface area contributed by atoms with Crippen molar-refractivity contribution in [3.05, 3.63) is 47.7 Å². The molecule has 34 heavy (non-hydrogen) atoms. The van der Waals surface area contributed by atoms with Gasteiger partial charge in [-0.2, -0.15) is 0 Å². The van der Waals surface area contributed by atoms with Crippen molar-refractivity contribution in [2.45, 2.75) is 32.3 Å². The molecular formula is C23H31N3O8. The molecule has 0 spiro atoms. The Morgan fingerprint density at radius 2 is 1.76 bits per heavy atom. The van der Waals surface area contributed by atoms with Gasteiger partial charge < -0.3 is 34.8 Å². The van der Waals surface area contributed by atoms with Crippen LogP contribution in [0.3, 0.4) is 0 Å². The van der Waals surface area contributed by atoms with Gasteiger partial charge in [0.2, 0.25) is 5.76 Å². The molecule has 0 aromatic heterocycles. The number of hydrogen-bond acceptors (Lipinski definition) is 9. The van der Waals surface area contributed by atoms with Crippen molar-refractivity contribution < 1.29 is 38.5 Å². The predicted molar refractivity (Wildman–Crippen MR) is 121 cm³/mol. The van der Waals surface area contributed by atoms with Gasteiger partial charge in [-0.15, -0.1) is 0 Å². The first-order chi connectivity index (χ1) is 16.4. The Balaban J connectivity index is 2.18. The molecule has 1 heterocycles. The Hall–Kier alpha value is -3.44. The summed E-state index contributed by atoms with van der Waals surface area (Å²) < 4.78 is 15.5. The molecule has 1 aliphatic heterocycles. The Morgan fingerprint density at radius 3 is 2.35 bits per heavy atom. The van der Waals surface area contributed by atoms with Gasteiger partial charge in [-0.25, -0.2) is 9.59 Å². The van der Waals surface area contributed by atoms with Crippen LogP contribution in [0.4, 0.5) is 0 Å². The van der Waals surface area contributed by atoms with Crippen LogP contribution >= 0.6 is 0 Å². The maximum absolute atomic E-state index is 12.8. The number of piperidine rings is 1. The summed E-state index contributed by atoms with van der Waals surface area (Å²) in [5.74, 6) is -2.45. The Morgan fingerprint density at radius 1 is 1.12 bits per heavy atom. The molecule has 1 fully saturated rings. The second kappa shape index (κ2) is 13.3. The van der Waals surface area contributed by atoms with Gasteiger partial charge in [0.05, 0.1) is 32.5 Å². The minimum atomic E-state index is -1.14. The Kier molecular flexibility index (Phi) is 10.5. The fraction of sp³-hybridized carbons (Fsp3) is 0.478. The summed E-state index contributed by atoms with van der Waals surface area (Å²) in [5, 5.41) is 13.1. The van der Waals surface area contributed by atoms with Crippen molar-refractivity contribution in [1.29, 1.82) is 0 Å². The predicted octanol–water partition coefficient (Wildman–Crippen LogP) is 0.969. The monoisotopic (exact) mass is 477 g/mol. The third kappa shape index (κ3) is 7.29. The van der Waals surface area contributed by atoms with E-state index in [2.05, 4.69) is 5.16 Å². The van der Waals surface area contributed by atoms with Crippen molar-refractivity contribution >= 4 is 23.7 Å². The zero-order valence-electron chi connectivity index (χ0n) is 19.4.